The molecule has 2 rings (SSSR count). The Bertz CT molecular complexity index is 661. The van der Waals surface area contributed by atoms with Gasteiger partial charge in [-0.3, -0.25) is 4.21 Å². The minimum Gasteiger partial charge on any atom is -0.326 e. The molecule has 0 saturated carbocycles. The second-order valence-electron chi connectivity index (χ2n) is 4.18. The van der Waals surface area contributed by atoms with Gasteiger partial charge >= 0.3 is 0 Å². The van der Waals surface area contributed by atoms with Crippen molar-refractivity contribution in [2.75, 3.05) is 0 Å². The molecule has 0 aliphatic heterocycles. The highest BCUT2D eigenvalue weighted by atomic mass is 32.2. The minimum atomic E-state index is -1.60. The Hall–Kier alpha value is -1.66. The molecule has 0 bridgehead atoms. The SMILES string of the molecule is NCc1ccc(F)cc1CS(=O)c1ccc(F)c(F)c1. The van der Waals surface area contributed by atoms with Crippen molar-refractivity contribution < 1.29 is 17.4 Å². The maximum absolute atomic E-state index is 13.2. The van der Waals surface area contributed by atoms with E-state index in [0.29, 0.717) is 11.1 Å². The molecule has 0 aliphatic carbocycles. The highest BCUT2D eigenvalue weighted by molar-refractivity contribution is 7.84. The zero-order valence-corrected chi connectivity index (χ0v) is 11.2. The molecule has 6 heteroatoms. The van der Waals surface area contributed by atoms with E-state index in [9.17, 15) is 17.4 Å². The molecule has 0 aromatic heterocycles. The van der Waals surface area contributed by atoms with Gasteiger partial charge in [0, 0.05) is 11.4 Å². The average molecular weight is 299 g/mol. The van der Waals surface area contributed by atoms with Gasteiger partial charge in [-0.25, -0.2) is 13.2 Å². The van der Waals surface area contributed by atoms with Crippen LogP contribution in [0.5, 0.6) is 0 Å². The Balaban J connectivity index is 2.27. The summed E-state index contributed by atoms with van der Waals surface area (Å²) >= 11 is 0. The minimum absolute atomic E-state index is 0.00460. The number of rotatable bonds is 4. The first-order valence-electron chi connectivity index (χ1n) is 5.82. The van der Waals surface area contributed by atoms with Gasteiger partial charge in [-0.2, -0.15) is 0 Å². The summed E-state index contributed by atoms with van der Waals surface area (Å²) in [5, 5.41) is 0. The molecule has 106 valence electrons. The van der Waals surface area contributed by atoms with Gasteiger partial charge in [0.15, 0.2) is 11.6 Å². The van der Waals surface area contributed by atoms with Crippen molar-refractivity contribution in [3.63, 3.8) is 0 Å². The second-order valence-corrected chi connectivity index (χ2v) is 5.63. The molecule has 20 heavy (non-hydrogen) atoms. The molecule has 0 aliphatic rings. The summed E-state index contributed by atoms with van der Waals surface area (Å²) in [6.45, 7) is 0.185. The van der Waals surface area contributed by atoms with E-state index in [-0.39, 0.29) is 17.2 Å². The fraction of sp³-hybridized carbons (Fsp3) is 0.143. The van der Waals surface area contributed by atoms with Gasteiger partial charge in [0.25, 0.3) is 0 Å². The monoisotopic (exact) mass is 299 g/mol. The topological polar surface area (TPSA) is 43.1 Å². The summed E-state index contributed by atoms with van der Waals surface area (Å²) in [4.78, 5) is 0.149. The number of nitrogens with two attached hydrogens (primary N) is 1. The van der Waals surface area contributed by atoms with Crippen LogP contribution in [-0.2, 0) is 23.1 Å². The number of benzene rings is 2. The summed E-state index contributed by atoms with van der Waals surface area (Å²) in [5.41, 5.74) is 6.69. The third-order valence-electron chi connectivity index (χ3n) is 2.83. The summed E-state index contributed by atoms with van der Waals surface area (Å²) in [6, 6.07) is 7.08. The average Bonchev–Trinajstić information content (AvgIpc) is 2.42. The maximum atomic E-state index is 13.2. The van der Waals surface area contributed by atoms with Crippen molar-refractivity contribution in [3.05, 3.63) is 65.0 Å². The number of hydrogen-bond donors (Lipinski definition) is 1. The first kappa shape index (κ1) is 14.7. The van der Waals surface area contributed by atoms with Crippen molar-refractivity contribution in [3.8, 4) is 0 Å². The zero-order valence-electron chi connectivity index (χ0n) is 10.4. The smallest absolute Gasteiger partial charge is 0.160 e. The van der Waals surface area contributed by atoms with Gasteiger partial charge in [-0.15, -0.1) is 0 Å². The third kappa shape index (κ3) is 3.26. The lowest BCUT2D eigenvalue weighted by atomic mass is 10.1. The van der Waals surface area contributed by atoms with Crippen molar-refractivity contribution in [2.24, 2.45) is 5.73 Å². The van der Waals surface area contributed by atoms with E-state index in [1.165, 1.54) is 24.3 Å². The van der Waals surface area contributed by atoms with Crippen LogP contribution in [0.4, 0.5) is 13.2 Å². The van der Waals surface area contributed by atoms with Crippen LogP contribution in [0.25, 0.3) is 0 Å². The van der Waals surface area contributed by atoms with Crippen LogP contribution in [0.3, 0.4) is 0 Å². The lowest BCUT2D eigenvalue weighted by Crippen LogP contribution is -2.05. The largest absolute Gasteiger partial charge is 0.326 e. The molecule has 0 amide bonds. The van der Waals surface area contributed by atoms with E-state index < -0.39 is 28.3 Å². The molecule has 2 N–H and O–H groups in total. The first-order valence-corrected chi connectivity index (χ1v) is 7.14. The Morgan fingerprint density at radius 3 is 2.35 bits per heavy atom. The van der Waals surface area contributed by atoms with Gasteiger partial charge in [-0.05, 0) is 41.5 Å². The summed E-state index contributed by atoms with van der Waals surface area (Å²) in [5.74, 6) is -2.53. The van der Waals surface area contributed by atoms with Crippen LogP contribution >= 0.6 is 0 Å². The van der Waals surface area contributed by atoms with Gasteiger partial charge in [0.2, 0.25) is 0 Å². The highest BCUT2D eigenvalue weighted by Crippen LogP contribution is 2.18. The van der Waals surface area contributed by atoms with Gasteiger partial charge < -0.3 is 5.73 Å². The molecule has 1 unspecified atom stereocenters. The molecule has 0 radical (unpaired) electrons. The molecule has 2 nitrogen and oxygen atoms in total. The van der Waals surface area contributed by atoms with Gasteiger partial charge in [-0.1, -0.05) is 6.07 Å². The van der Waals surface area contributed by atoms with E-state index >= 15 is 0 Å². The summed E-state index contributed by atoms with van der Waals surface area (Å²) < 4.78 is 51.2. The van der Waals surface area contributed by atoms with Crippen molar-refractivity contribution in [2.45, 2.75) is 17.2 Å². The third-order valence-corrected chi connectivity index (χ3v) is 4.18. The lowest BCUT2D eigenvalue weighted by Gasteiger charge is -2.08. The van der Waals surface area contributed by atoms with Crippen molar-refractivity contribution >= 4 is 10.8 Å². The molecule has 1 atom stereocenters. The molecular weight excluding hydrogens is 287 g/mol. The van der Waals surface area contributed by atoms with Gasteiger partial charge in [0.1, 0.15) is 5.82 Å². The van der Waals surface area contributed by atoms with E-state index in [1.54, 1.807) is 0 Å². The van der Waals surface area contributed by atoms with Crippen molar-refractivity contribution in [1.29, 1.82) is 0 Å². The Morgan fingerprint density at radius 2 is 1.70 bits per heavy atom. The highest BCUT2D eigenvalue weighted by Gasteiger charge is 2.12. The van der Waals surface area contributed by atoms with Crippen LogP contribution in [-0.4, -0.2) is 4.21 Å². The molecule has 0 saturated heterocycles. The zero-order chi connectivity index (χ0) is 14.7. The molecule has 2 aromatic rings. The number of hydrogen-bond acceptors (Lipinski definition) is 2. The van der Waals surface area contributed by atoms with Crippen molar-refractivity contribution in [1.82, 2.24) is 0 Å². The van der Waals surface area contributed by atoms with Gasteiger partial charge in [0.05, 0.1) is 16.6 Å². The summed E-state index contributed by atoms with van der Waals surface area (Å²) in [7, 11) is -1.60. The summed E-state index contributed by atoms with van der Waals surface area (Å²) in [6.07, 6.45) is 0. The predicted octanol–water partition coefficient (Wildman–Crippen LogP) is 2.87. The van der Waals surface area contributed by atoms with E-state index in [0.717, 1.165) is 12.1 Å². The molecule has 2 aromatic carbocycles. The van der Waals surface area contributed by atoms with Crippen LogP contribution in [0, 0.1) is 17.5 Å². The normalized spacial score (nSPS) is 12.4. The number of halogens is 3. The molecular formula is C14H12F3NOS. The van der Waals surface area contributed by atoms with Crippen LogP contribution < -0.4 is 5.73 Å². The molecule has 0 heterocycles. The van der Waals surface area contributed by atoms with Crippen LogP contribution in [0.15, 0.2) is 41.3 Å². The molecule has 0 fully saturated rings. The van der Waals surface area contributed by atoms with E-state index in [2.05, 4.69) is 0 Å². The Labute approximate surface area is 116 Å². The maximum Gasteiger partial charge on any atom is 0.160 e. The molecule has 0 spiro atoms. The van der Waals surface area contributed by atoms with E-state index in [4.69, 9.17) is 5.73 Å². The fourth-order valence-electron chi connectivity index (χ4n) is 1.77. The van der Waals surface area contributed by atoms with E-state index in [1.807, 2.05) is 0 Å². The predicted molar refractivity (Wildman–Crippen MR) is 70.8 cm³/mol. The Kier molecular flexibility index (Phi) is 4.57. The van der Waals surface area contributed by atoms with Crippen LogP contribution in [0.1, 0.15) is 11.1 Å². The van der Waals surface area contributed by atoms with Crippen LogP contribution in [0.2, 0.25) is 0 Å². The first-order chi connectivity index (χ1) is 9.51. The standard InChI is InChI=1S/C14H12F3NOS/c15-11-2-1-9(7-18)10(5-11)8-20(19)12-3-4-13(16)14(17)6-12/h1-6H,7-8,18H2. The Morgan fingerprint density at radius 1 is 0.950 bits per heavy atom. The lowest BCUT2D eigenvalue weighted by molar-refractivity contribution is 0.505. The quantitative estimate of drug-likeness (QED) is 0.943. The fourth-order valence-corrected chi connectivity index (χ4v) is 2.94. The second kappa shape index (κ2) is 6.19.